The molecule has 100 valence electrons. The molecule has 0 aromatic rings. The lowest BCUT2D eigenvalue weighted by Crippen LogP contribution is -1.88. The van der Waals surface area contributed by atoms with Crippen molar-refractivity contribution in [1.29, 1.82) is 0 Å². The molecule has 0 saturated carbocycles. The maximum Gasteiger partial charge on any atom is 0.0916 e. The van der Waals surface area contributed by atoms with Gasteiger partial charge in [0.2, 0.25) is 0 Å². The van der Waals surface area contributed by atoms with Gasteiger partial charge in [0, 0.05) is 26.1 Å². The van der Waals surface area contributed by atoms with Crippen molar-refractivity contribution in [2.45, 2.75) is 20.8 Å². The topological polar surface area (TPSA) is 154 Å². The lowest BCUT2D eigenvalue weighted by Gasteiger charge is -1.90. The van der Waals surface area contributed by atoms with Crippen LogP contribution in [0, 0.1) is 0 Å². The van der Waals surface area contributed by atoms with Crippen LogP contribution in [0.5, 0.6) is 0 Å². The van der Waals surface area contributed by atoms with E-state index in [1.165, 1.54) is 0 Å². The minimum Gasteiger partial charge on any atom is -0.748 e. The number of hydrogen-bond donors (Lipinski definition) is 4. The van der Waals surface area contributed by atoms with E-state index in [1.807, 2.05) is 0 Å². The smallest absolute Gasteiger partial charge is 0.0916 e. The summed E-state index contributed by atoms with van der Waals surface area (Å²) >= 11 is 0. The summed E-state index contributed by atoms with van der Waals surface area (Å²) in [6.07, 6.45) is 0.604. The molecular weight excluding hydrogens is 226 g/mol. The van der Waals surface area contributed by atoms with Gasteiger partial charge in [0.15, 0.2) is 0 Å². The van der Waals surface area contributed by atoms with Gasteiger partial charge in [0.05, 0.1) is 10.1 Å². The van der Waals surface area contributed by atoms with Crippen molar-refractivity contribution >= 4 is 10.1 Å². The normalized spacial score (nSPS) is 7.47. The summed E-state index contributed by atoms with van der Waals surface area (Å²) < 4.78 is 27.2. The second kappa shape index (κ2) is 29.2. The number of aliphatic hydroxyl groups excluding tert-OH is 3. The summed E-state index contributed by atoms with van der Waals surface area (Å²) in [5.74, 6) is 0. The van der Waals surface area contributed by atoms with E-state index >= 15 is 0 Å². The van der Waals surface area contributed by atoms with Gasteiger partial charge in [0.1, 0.15) is 0 Å². The fraction of sp³-hybridized carbons (Fsp3) is 1.00. The highest BCUT2D eigenvalue weighted by molar-refractivity contribution is 7.84. The first-order valence-electron chi connectivity index (χ1n) is 3.98. The Bertz CT molecular complexity index is 135. The van der Waals surface area contributed by atoms with Crippen LogP contribution < -0.4 is 6.15 Å². The highest BCUT2D eigenvalue weighted by Crippen LogP contribution is 1.59. The first kappa shape index (κ1) is 29.3. The maximum absolute atomic E-state index is 9.08. The Labute approximate surface area is 92.1 Å². The Morgan fingerprint density at radius 2 is 0.933 bits per heavy atom. The first-order chi connectivity index (χ1) is 6.24. The predicted octanol–water partition coefficient (Wildman–Crippen LogP) is -0.467. The van der Waals surface area contributed by atoms with Crippen LogP contribution in [0.4, 0.5) is 0 Å². The minimum absolute atomic E-state index is 0. The molecule has 0 heterocycles. The van der Waals surface area contributed by atoms with E-state index in [0.29, 0.717) is 6.26 Å². The molecule has 15 heavy (non-hydrogen) atoms. The molecule has 0 saturated heterocycles. The van der Waals surface area contributed by atoms with Gasteiger partial charge >= 0.3 is 0 Å². The van der Waals surface area contributed by atoms with Gasteiger partial charge in [-0.1, -0.05) is 0 Å². The van der Waals surface area contributed by atoms with E-state index in [9.17, 15) is 0 Å². The molecule has 0 fully saturated rings. The fourth-order valence-electron chi connectivity index (χ4n) is 0. The second-order valence-electron chi connectivity index (χ2n) is 1.65. The molecule has 0 unspecified atom stereocenters. The Kier molecular flexibility index (Phi) is 57.1. The van der Waals surface area contributed by atoms with E-state index in [-0.39, 0.29) is 26.0 Å². The highest BCUT2D eigenvalue weighted by Gasteiger charge is 1.65. The number of quaternary nitrogens is 1. The first-order valence-corrected chi connectivity index (χ1v) is 5.79. The van der Waals surface area contributed by atoms with Gasteiger partial charge in [-0.15, -0.1) is 0 Å². The fourth-order valence-corrected chi connectivity index (χ4v) is 0. The van der Waals surface area contributed by atoms with E-state index in [2.05, 4.69) is 0 Å². The van der Waals surface area contributed by atoms with Crippen molar-refractivity contribution in [2.24, 2.45) is 0 Å². The SMILES string of the molecule is CCO.CCO.CCO.CS(=O)(=O)[O-].[NH4+]. The van der Waals surface area contributed by atoms with Crippen LogP contribution >= 0.6 is 0 Å². The zero-order valence-electron chi connectivity index (χ0n) is 10.1. The summed E-state index contributed by atoms with van der Waals surface area (Å²) in [6.45, 7) is 5.79. The Balaban J connectivity index is -0.0000000300. The molecule has 8 heteroatoms. The monoisotopic (exact) mass is 251 g/mol. The summed E-state index contributed by atoms with van der Waals surface area (Å²) in [5, 5.41) is 22.7. The summed E-state index contributed by atoms with van der Waals surface area (Å²) in [7, 11) is -3.92. The van der Waals surface area contributed by atoms with Gasteiger partial charge in [0.25, 0.3) is 0 Å². The van der Waals surface area contributed by atoms with Crippen LogP contribution in [-0.2, 0) is 10.1 Å². The Hall–Kier alpha value is -0.250. The standard InChI is InChI=1S/3C2H6O.CH4O3S.H3N/c3*1-2-3;1-5(2,3)4;/h3*3H,2H2,1H3;1H3,(H,2,3,4);1H3. The number of rotatable bonds is 0. The van der Waals surface area contributed by atoms with Crippen LogP contribution in [-0.4, -0.2) is 54.4 Å². The van der Waals surface area contributed by atoms with E-state index in [1.54, 1.807) is 20.8 Å². The van der Waals surface area contributed by atoms with Crippen LogP contribution in [0.1, 0.15) is 20.8 Å². The molecule has 7 N–H and O–H groups in total. The van der Waals surface area contributed by atoms with Crippen molar-refractivity contribution < 1.29 is 28.3 Å². The molecule has 7 nitrogen and oxygen atoms in total. The van der Waals surface area contributed by atoms with Crippen molar-refractivity contribution in [3.05, 3.63) is 0 Å². The van der Waals surface area contributed by atoms with E-state index in [0.717, 1.165) is 0 Å². The number of hydrogen-bond acceptors (Lipinski definition) is 6. The largest absolute Gasteiger partial charge is 0.748 e. The molecule has 0 spiro atoms. The van der Waals surface area contributed by atoms with Crippen molar-refractivity contribution in [1.82, 2.24) is 6.15 Å². The molecule has 0 atom stereocenters. The van der Waals surface area contributed by atoms with Crippen molar-refractivity contribution in [2.75, 3.05) is 26.1 Å². The molecule has 0 aliphatic carbocycles. The molecule has 0 aliphatic rings. The maximum atomic E-state index is 9.08. The molecular formula is C7H25NO6S. The molecule has 0 aliphatic heterocycles. The lowest BCUT2D eigenvalue weighted by atomic mass is 10.9. The third kappa shape index (κ3) is 30400. The van der Waals surface area contributed by atoms with Gasteiger partial charge < -0.3 is 26.0 Å². The molecule has 0 radical (unpaired) electrons. The van der Waals surface area contributed by atoms with Gasteiger partial charge in [-0.3, -0.25) is 0 Å². The quantitative estimate of drug-likeness (QED) is 0.427. The third-order valence-electron chi connectivity index (χ3n) is 0. The van der Waals surface area contributed by atoms with E-state index < -0.39 is 10.1 Å². The average Bonchev–Trinajstić information content (AvgIpc) is 1.86. The molecule has 0 amide bonds. The number of aliphatic hydroxyl groups is 3. The van der Waals surface area contributed by atoms with Gasteiger partial charge in [-0.2, -0.15) is 0 Å². The van der Waals surface area contributed by atoms with Crippen molar-refractivity contribution in [3.8, 4) is 0 Å². The van der Waals surface area contributed by atoms with Crippen LogP contribution in [0.2, 0.25) is 0 Å². The van der Waals surface area contributed by atoms with Crippen molar-refractivity contribution in [3.63, 3.8) is 0 Å². The molecule has 0 aromatic heterocycles. The zero-order chi connectivity index (χ0) is 12.6. The highest BCUT2D eigenvalue weighted by atomic mass is 32.2. The van der Waals surface area contributed by atoms with Gasteiger partial charge in [-0.05, 0) is 20.8 Å². The summed E-state index contributed by atoms with van der Waals surface area (Å²) in [6, 6.07) is 0. The summed E-state index contributed by atoms with van der Waals surface area (Å²) in [5.41, 5.74) is 0. The Morgan fingerprint density at radius 1 is 0.933 bits per heavy atom. The summed E-state index contributed by atoms with van der Waals surface area (Å²) in [4.78, 5) is 0. The van der Waals surface area contributed by atoms with Gasteiger partial charge in [-0.25, -0.2) is 8.42 Å². The average molecular weight is 251 g/mol. The lowest BCUT2D eigenvalue weighted by molar-refractivity contribution is 0.318. The van der Waals surface area contributed by atoms with Crippen LogP contribution in [0.15, 0.2) is 0 Å². The second-order valence-corrected chi connectivity index (χ2v) is 3.06. The minimum atomic E-state index is -3.92. The zero-order valence-corrected chi connectivity index (χ0v) is 10.9. The third-order valence-corrected chi connectivity index (χ3v) is 0. The van der Waals surface area contributed by atoms with E-state index in [4.69, 9.17) is 28.3 Å². The Morgan fingerprint density at radius 3 is 0.933 bits per heavy atom. The predicted molar refractivity (Wildman–Crippen MR) is 59.9 cm³/mol. The van der Waals surface area contributed by atoms with Crippen LogP contribution in [0.3, 0.4) is 0 Å². The molecule has 0 aromatic carbocycles. The van der Waals surface area contributed by atoms with Crippen LogP contribution in [0.25, 0.3) is 0 Å². The molecule has 0 bridgehead atoms. The molecule has 0 rings (SSSR count).